The summed E-state index contributed by atoms with van der Waals surface area (Å²) in [5, 5.41) is 5.24. The Balaban J connectivity index is 2.34. The molecular weight excluding hydrogens is 335 g/mol. The summed E-state index contributed by atoms with van der Waals surface area (Å²) < 4.78 is 2.92. The van der Waals surface area contributed by atoms with Gasteiger partial charge in [0.15, 0.2) is 0 Å². The molecule has 0 bridgehead atoms. The lowest BCUT2D eigenvalue weighted by molar-refractivity contribution is 0.658. The van der Waals surface area contributed by atoms with E-state index in [0.717, 1.165) is 32.0 Å². The molecule has 1 aromatic carbocycles. The fourth-order valence-corrected chi connectivity index (χ4v) is 3.01. The maximum absolute atomic E-state index is 6.22. The lowest BCUT2D eigenvalue weighted by atomic mass is 10.2. The van der Waals surface area contributed by atoms with Crippen LogP contribution in [0.4, 0.5) is 0 Å². The first-order chi connectivity index (χ1) is 8.52. The normalized spacial score (nSPS) is 10.9. The van der Waals surface area contributed by atoms with Gasteiger partial charge in [-0.2, -0.15) is 5.10 Å². The van der Waals surface area contributed by atoms with Gasteiger partial charge < -0.3 is 0 Å². The molecule has 0 saturated heterocycles. The standard InChI is InChI=1S/C13H13BrCl2N2/c1-8-12(6-15)9(2)18(17-8)7-10-3-4-11(14)5-13(10)16/h3-5H,6-7H2,1-2H3. The van der Waals surface area contributed by atoms with Gasteiger partial charge in [0, 0.05) is 20.8 Å². The fraction of sp³-hybridized carbons (Fsp3) is 0.308. The molecule has 0 spiro atoms. The Labute approximate surface area is 125 Å². The zero-order chi connectivity index (χ0) is 13.3. The van der Waals surface area contributed by atoms with E-state index >= 15 is 0 Å². The SMILES string of the molecule is Cc1nn(Cc2ccc(Br)cc2Cl)c(C)c1CCl. The number of aryl methyl sites for hydroxylation is 1. The highest BCUT2D eigenvalue weighted by atomic mass is 79.9. The molecule has 0 fully saturated rings. The fourth-order valence-electron chi connectivity index (χ4n) is 1.89. The molecule has 18 heavy (non-hydrogen) atoms. The van der Waals surface area contributed by atoms with Crippen LogP contribution in [0.1, 0.15) is 22.5 Å². The average Bonchev–Trinajstić information content (AvgIpc) is 2.58. The summed E-state index contributed by atoms with van der Waals surface area (Å²) >= 11 is 15.5. The summed E-state index contributed by atoms with van der Waals surface area (Å²) in [5.74, 6) is 0.492. The van der Waals surface area contributed by atoms with E-state index < -0.39 is 0 Å². The van der Waals surface area contributed by atoms with Crippen LogP contribution in [0.25, 0.3) is 0 Å². The Morgan fingerprint density at radius 2 is 2.06 bits per heavy atom. The number of benzene rings is 1. The van der Waals surface area contributed by atoms with Gasteiger partial charge in [-0.15, -0.1) is 11.6 Å². The van der Waals surface area contributed by atoms with Crippen molar-refractivity contribution in [3.63, 3.8) is 0 Å². The minimum Gasteiger partial charge on any atom is -0.265 e. The number of rotatable bonds is 3. The molecule has 96 valence electrons. The van der Waals surface area contributed by atoms with Crippen molar-refractivity contribution >= 4 is 39.1 Å². The Hall–Kier alpha value is -0.510. The van der Waals surface area contributed by atoms with Gasteiger partial charge in [-0.05, 0) is 31.5 Å². The Morgan fingerprint density at radius 1 is 1.33 bits per heavy atom. The number of alkyl halides is 1. The van der Waals surface area contributed by atoms with Crippen molar-refractivity contribution in [1.29, 1.82) is 0 Å². The highest BCUT2D eigenvalue weighted by Crippen LogP contribution is 2.23. The van der Waals surface area contributed by atoms with Gasteiger partial charge in [-0.1, -0.05) is 33.6 Å². The molecule has 0 aliphatic heterocycles. The van der Waals surface area contributed by atoms with Crippen LogP contribution in [0, 0.1) is 13.8 Å². The topological polar surface area (TPSA) is 17.8 Å². The highest BCUT2D eigenvalue weighted by Gasteiger charge is 2.11. The molecular formula is C13H13BrCl2N2. The molecule has 1 heterocycles. The molecule has 2 nitrogen and oxygen atoms in total. The van der Waals surface area contributed by atoms with Crippen molar-refractivity contribution in [2.45, 2.75) is 26.3 Å². The smallest absolute Gasteiger partial charge is 0.0677 e. The van der Waals surface area contributed by atoms with E-state index in [1.165, 1.54) is 0 Å². The van der Waals surface area contributed by atoms with Crippen LogP contribution in [0.3, 0.4) is 0 Å². The minimum atomic E-state index is 0.492. The average molecular weight is 348 g/mol. The van der Waals surface area contributed by atoms with Crippen molar-refractivity contribution < 1.29 is 0 Å². The molecule has 2 rings (SSSR count). The van der Waals surface area contributed by atoms with Crippen molar-refractivity contribution in [2.24, 2.45) is 0 Å². The zero-order valence-corrected chi connectivity index (χ0v) is 13.3. The number of aromatic nitrogens is 2. The maximum Gasteiger partial charge on any atom is 0.0677 e. The third-order valence-electron chi connectivity index (χ3n) is 3.00. The van der Waals surface area contributed by atoms with E-state index in [0.29, 0.717) is 12.4 Å². The second kappa shape index (κ2) is 5.64. The van der Waals surface area contributed by atoms with Crippen LogP contribution in [-0.2, 0) is 12.4 Å². The van der Waals surface area contributed by atoms with E-state index in [1.807, 2.05) is 36.7 Å². The lowest BCUT2D eigenvalue weighted by Crippen LogP contribution is -2.04. The highest BCUT2D eigenvalue weighted by molar-refractivity contribution is 9.10. The summed E-state index contributed by atoms with van der Waals surface area (Å²) in [6.45, 7) is 4.67. The molecule has 0 aliphatic carbocycles. The minimum absolute atomic E-state index is 0.492. The van der Waals surface area contributed by atoms with E-state index in [-0.39, 0.29) is 0 Å². The number of halogens is 3. The molecule has 0 saturated carbocycles. The van der Waals surface area contributed by atoms with E-state index in [4.69, 9.17) is 23.2 Å². The van der Waals surface area contributed by atoms with Crippen LogP contribution in [0.5, 0.6) is 0 Å². The molecule has 2 aromatic rings. The summed E-state index contributed by atoms with van der Waals surface area (Å²) in [7, 11) is 0. The van der Waals surface area contributed by atoms with E-state index in [9.17, 15) is 0 Å². The molecule has 5 heteroatoms. The zero-order valence-electron chi connectivity index (χ0n) is 10.2. The summed E-state index contributed by atoms with van der Waals surface area (Å²) in [6, 6.07) is 5.88. The lowest BCUT2D eigenvalue weighted by Gasteiger charge is -2.07. The molecule has 0 amide bonds. The predicted octanol–water partition coefficient (Wildman–Crippen LogP) is 4.70. The van der Waals surface area contributed by atoms with Gasteiger partial charge in [0.05, 0.1) is 18.1 Å². The van der Waals surface area contributed by atoms with Gasteiger partial charge in [0.1, 0.15) is 0 Å². The third-order valence-corrected chi connectivity index (χ3v) is 4.11. The predicted molar refractivity (Wildman–Crippen MR) is 79.5 cm³/mol. The van der Waals surface area contributed by atoms with Crippen molar-refractivity contribution in [2.75, 3.05) is 0 Å². The Kier molecular flexibility index (Phi) is 4.36. The van der Waals surface area contributed by atoms with E-state index in [2.05, 4.69) is 21.0 Å². The molecule has 0 atom stereocenters. The van der Waals surface area contributed by atoms with Gasteiger partial charge in [0.25, 0.3) is 0 Å². The quantitative estimate of drug-likeness (QED) is 0.735. The second-order valence-electron chi connectivity index (χ2n) is 4.18. The molecule has 1 aromatic heterocycles. The number of hydrogen-bond acceptors (Lipinski definition) is 1. The number of nitrogens with zero attached hydrogens (tertiary/aromatic N) is 2. The van der Waals surface area contributed by atoms with Crippen LogP contribution in [-0.4, -0.2) is 9.78 Å². The van der Waals surface area contributed by atoms with Crippen molar-refractivity contribution in [3.05, 3.63) is 50.2 Å². The van der Waals surface area contributed by atoms with Gasteiger partial charge in [-0.25, -0.2) is 0 Å². The largest absolute Gasteiger partial charge is 0.265 e. The number of hydrogen-bond donors (Lipinski definition) is 0. The maximum atomic E-state index is 6.22. The van der Waals surface area contributed by atoms with Gasteiger partial charge in [-0.3, -0.25) is 4.68 Å². The van der Waals surface area contributed by atoms with Gasteiger partial charge in [0.2, 0.25) is 0 Å². The van der Waals surface area contributed by atoms with Crippen LogP contribution in [0.2, 0.25) is 5.02 Å². The van der Waals surface area contributed by atoms with Crippen LogP contribution < -0.4 is 0 Å². The Morgan fingerprint density at radius 3 is 2.61 bits per heavy atom. The van der Waals surface area contributed by atoms with Crippen LogP contribution in [0.15, 0.2) is 22.7 Å². The first-order valence-electron chi connectivity index (χ1n) is 5.55. The van der Waals surface area contributed by atoms with Crippen molar-refractivity contribution in [1.82, 2.24) is 9.78 Å². The first kappa shape index (κ1) is 13.9. The summed E-state index contributed by atoms with van der Waals surface area (Å²) in [6.07, 6.45) is 0. The third kappa shape index (κ3) is 2.73. The molecule has 0 radical (unpaired) electrons. The van der Waals surface area contributed by atoms with Crippen molar-refractivity contribution in [3.8, 4) is 0 Å². The second-order valence-corrected chi connectivity index (χ2v) is 5.77. The first-order valence-corrected chi connectivity index (χ1v) is 7.26. The molecule has 0 aliphatic rings. The summed E-state index contributed by atoms with van der Waals surface area (Å²) in [4.78, 5) is 0. The Bertz CT molecular complexity index is 579. The monoisotopic (exact) mass is 346 g/mol. The van der Waals surface area contributed by atoms with Gasteiger partial charge >= 0.3 is 0 Å². The van der Waals surface area contributed by atoms with E-state index in [1.54, 1.807) is 0 Å². The summed E-state index contributed by atoms with van der Waals surface area (Å²) in [5.41, 5.74) is 4.23. The van der Waals surface area contributed by atoms with Crippen LogP contribution >= 0.6 is 39.1 Å². The molecule has 0 N–H and O–H groups in total. The molecule has 0 unspecified atom stereocenters.